The highest BCUT2D eigenvalue weighted by Crippen LogP contribution is 2.21. The monoisotopic (exact) mass is 263 g/mol. The summed E-state index contributed by atoms with van der Waals surface area (Å²) in [7, 11) is 0. The number of benzene rings is 1. The van der Waals surface area contributed by atoms with Crippen molar-refractivity contribution in [3.8, 4) is 0 Å². The Balaban J connectivity index is 2.83. The van der Waals surface area contributed by atoms with Gasteiger partial charge in [0.2, 0.25) is 5.91 Å². The van der Waals surface area contributed by atoms with E-state index in [-0.39, 0.29) is 18.6 Å². The van der Waals surface area contributed by atoms with Crippen LogP contribution in [-0.2, 0) is 11.4 Å². The molecule has 3 heteroatoms. The molecule has 0 aliphatic rings. The third-order valence-electron chi connectivity index (χ3n) is 3.38. The van der Waals surface area contributed by atoms with E-state index in [0.29, 0.717) is 0 Å². The van der Waals surface area contributed by atoms with Crippen LogP contribution in [0.2, 0.25) is 0 Å². The van der Waals surface area contributed by atoms with Crippen LogP contribution in [0.3, 0.4) is 0 Å². The molecule has 0 radical (unpaired) electrons. The quantitative estimate of drug-likeness (QED) is 0.765. The standard InChI is InChI=1S/C16H25NO2/c1-4-5-6-8-13(2)17(14(3)19)16-10-7-9-15(11-16)12-18/h7,9-11,13,18H,4-6,8,12H2,1-3H3. The molecule has 1 amide bonds. The fourth-order valence-corrected chi connectivity index (χ4v) is 2.37. The minimum atomic E-state index is 0.00377. The fourth-order valence-electron chi connectivity index (χ4n) is 2.37. The minimum Gasteiger partial charge on any atom is -0.392 e. The van der Waals surface area contributed by atoms with Gasteiger partial charge in [-0.05, 0) is 31.0 Å². The molecule has 1 atom stereocenters. The number of nitrogens with zero attached hydrogens (tertiary/aromatic N) is 1. The molecule has 0 aromatic heterocycles. The van der Waals surface area contributed by atoms with Crippen molar-refractivity contribution in [2.45, 2.75) is 59.1 Å². The van der Waals surface area contributed by atoms with Crippen molar-refractivity contribution in [1.29, 1.82) is 0 Å². The normalized spacial score (nSPS) is 12.2. The van der Waals surface area contributed by atoms with Gasteiger partial charge in [-0.3, -0.25) is 4.79 Å². The Morgan fingerprint density at radius 3 is 2.68 bits per heavy atom. The second-order valence-electron chi connectivity index (χ2n) is 5.06. The molecule has 0 bridgehead atoms. The van der Waals surface area contributed by atoms with Gasteiger partial charge in [0.05, 0.1) is 6.61 Å². The average molecular weight is 263 g/mol. The van der Waals surface area contributed by atoms with Crippen LogP contribution >= 0.6 is 0 Å². The molecule has 0 saturated heterocycles. The van der Waals surface area contributed by atoms with E-state index in [1.54, 1.807) is 6.92 Å². The molecule has 1 unspecified atom stereocenters. The molecule has 3 nitrogen and oxygen atoms in total. The Kier molecular flexibility index (Phi) is 6.57. The first-order valence-corrected chi connectivity index (χ1v) is 7.09. The van der Waals surface area contributed by atoms with Crippen molar-refractivity contribution in [1.82, 2.24) is 0 Å². The van der Waals surface area contributed by atoms with Gasteiger partial charge in [0.25, 0.3) is 0 Å². The molecular weight excluding hydrogens is 238 g/mol. The van der Waals surface area contributed by atoms with E-state index in [0.717, 1.165) is 24.1 Å². The minimum absolute atomic E-state index is 0.00377. The van der Waals surface area contributed by atoms with E-state index in [4.69, 9.17) is 0 Å². The lowest BCUT2D eigenvalue weighted by Crippen LogP contribution is -2.37. The molecular formula is C16H25NO2. The van der Waals surface area contributed by atoms with Crippen LogP contribution < -0.4 is 4.90 Å². The van der Waals surface area contributed by atoms with Crippen molar-refractivity contribution in [3.05, 3.63) is 29.8 Å². The van der Waals surface area contributed by atoms with Gasteiger partial charge in [-0.1, -0.05) is 38.3 Å². The van der Waals surface area contributed by atoms with E-state index in [1.165, 1.54) is 12.8 Å². The lowest BCUT2D eigenvalue weighted by molar-refractivity contribution is -0.117. The van der Waals surface area contributed by atoms with Gasteiger partial charge in [-0.2, -0.15) is 0 Å². The highest BCUT2D eigenvalue weighted by Gasteiger charge is 2.18. The molecule has 1 aromatic rings. The molecule has 0 aliphatic carbocycles. The van der Waals surface area contributed by atoms with Gasteiger partial charge in [-0.25, -0.2) is 0 Å². The number of hydrogen-bond donors (Lipinski definition) is 1. The number of anilines is 1. The SMILES string of the molecule is CCCCCC(C)N(C(C)=O)c1cccc(CO)c1. The van der Waals surface area contributed by atoms with E-state index >= 15 is 0 Å². The number of unbranched alkanes of at least 4 members (excludes halogenated alkanes) is 2. The first-order chi connectivity index (χ1) is 9.10. The Hall–Kier alpha value is -1.35. The van der Waals surface area contributed by atoms with Crippen LogP contribution in [0.15, 0.2) is 24.3 Å². The number of aliphatic hydroxyl groups excluding tert-OH is 1. The second-order valence-corrected chi connectivity index (χ2v) is 5.06. The average Bonchev–Trinajstić information content (AvgIpc) is 2.39. The van der Waals surface area contributed by atoms with Gasteiger partial charge in [-0.15, -0.1) is 0 Å². The molecule has 19 heavy (non-hydrogen) atoms. The summed E-state index contributed by atoms with van der Waals surface area (Å²) in [5.74, 6) is 0.0547. The molecule has 106 valence electrons. The topological polar surface area (TPSA) is 40.5 Å². The van der Waals surface area contributed by atoms with Gasteiger partial charge in [0.1, 0.15) is 0 Å². The van der Waals surface area contributed by atoms with Gasteiger partial charge in [0.15, 0.2) is 0 Å². The molecule has 1 rings (SSSR count). The zero-order valence-electron chi connectivity index (χ0n) is 12.2. The highest BCUT2D eigenvalue weighted by atomic mass is 16.3. The summed E-state index contributed by atoms with van der Waals surface area (Å²) >= 11 is 0. The third-order valence-corrected chi connectivity index (χ3v) is 3.38. The number of carbonyl (C=O) groups excluding carboxylic acids is 1. The summed E-state index contributed by atoms with van der Waals surface area (Å²) in [6, 6.07) is 7.76. The predicted octanol–water partition coefficient (Wildman–Crippen LogP) is 3.50. The number of amides is 1. The zero-order chi connectivity index (χ0) is 14.3. The molecule has 0 fully saturated rings. The largest absolute Gasteiger partial charge is 0.392 e. The van der Waals surface area contributed by atoms with Crippen LogP contribution in [0.4, 0.5) is 5.69 Å². The first-order valence-electron chi connectivity index (χ1n) is 7.09. The first kappa shape index (κ1) is 15.7. The lowest BCUT2D eigenvalue weighted by Gasteiger charge is -2.28. The van der Waals surface area contributed by atoms with Crippen molar-refractivity contribution in [3.63, 3.8) is 0 Å². The lowest BCUT2D eigenvalue weighted by atomic mass is 10.1. The molecule has 0 spiro atoms. The van der Waals surface area contributed by atoms with Crippen LogP contribution in [0.5, 0.6) is 0 Å². The Morgan fingerprint density at radius 1 is 1.37 bits per heavy atom. The summed E-state index contributed by atoms with van der Waals surface area (Å²) in [5, 5.41) is 9.19. The van der Waals surface area contributed by atoms with Crippen molar-refractivity contribution in [2.24, 2.45) is 0 Å². The Labute approximate surface area is 116 Å². The predicted molar refractivity (Wildman–Crippen MR) is 79.1 cm³/mol. The van der Waals surface area contributed by atoms with Crippen LogP contribution in [0.1, 0.15) is 52.0 Å². The summed E-state index contributed by atoms with van der Waals surface area (Å²) in [4.78, 5) is 13.7. The summed E-state index contributed by atoms with van der Waals surface area (Å²) in [6.45, 7) is 5.87. The summed E-state index contributed by atoms with van der Waals surface area (Å²) in [5.41, 5.74) is 1.72. The van der Waals surface area contributed by atoms with E-state index in [1.807, 2.05) is 29.2 Å². The smallest absolute Gasteiger partial charge is 0.224 e. The maximum absolute atomic E-state index is 11.9. The number of carbonyl (C=O) groups is 1. The maximum atomic E-state index is 11.9. The van der Waals surface area contributed by atoms with Crippen LogP contribution in [0.25, 0.3) is 0 Å². The highest BCUT2D eigenvalue weighted by molar-refractivity contribution is 5.92. The van der Waals surface area contributed by atoms with Crippen LogP contribution in [0, 0.1) is 0 Å². The van der Waals surface area contributed by atoms with Crippen LogP contribution in [-0.4, -0.2) is 17.1 Å². The summed E-state index contributed by atoms with van der Waals surface area (Å²) in [6.07, 6.45) is 4.54. The van der Waals surface area contributed by atoms with Crippen molar-refractivity contribution >= 4 is 11.6 Å². The third kappa shape index (κ3) is 4.67. The Morgan fingerprint density at radius 2 is 2.11 bits per heavy atom. The van der Waals surface area contributed by atoms with Gasteiger partial charge in [0, 0.05) is 18.7 Å². The number of rotatable bonds is 7. The Bertz CT molecular complexity index is 403. The summed E-state index contributed by atoms with van der Waals surface area (Å²) < 4.78 is 0. The maximum Gasteiger partial charge on any atom is 0.224 e. The van der Waals surface area contributed by atoms with Crippen molar-refractivity contribution in [2.75, 3.05) is 4.90 Å². The second kappa shape index (κ2) is 7.95. The zero-order valence-corrected chi connectivity index (χ0v) is 12.2. The van der Waals surface area contributed by atoms with E-state index in [9.17, 15) is 9.90 Å². The molecule has 1 N–H and O–H groups in total. The molecule has 0 aliphatic heterocycles. The molecule has 1 aromatic carbocycles. The number of aliphatic hydroxyl groups is 1. The number of hydrogen-bond acceptors (Lipinski definition) is 2. The van der Waals surface area contributed by atoms with E-state index < -0.39 is 0 Å². The van der Waals surface area contributed by atoms with Gasteiger partial charge < -0.3 is 10.0 Å². The molecule has 0 heterocycles. The fraction of sp³-hybridized carbons (Fsp3) is 0.562. The van der Waals surface area contributed by atoms with E-state index in [2.05, 4.69) is 13.8 Å². The van der Waals surface area contributed by atoms with Crippen molar-refractivity contribution < 1.29 is 9.90 Å². The molecule has 0 saturated carbocycles. The van der Waals surface area contributed by atoms with Gasteiger partial charge >= 0.3 is 0 Å².